The molecule has 0 bridgehead atoms. The Kier molecular flexibility index (Phi) is 3.85. The smallest absolute Gasteiger partial charge is 0.0760 e. The maximum atomic E-state index is 2.51. The quantitative estimate of drug-likeness (QED) is 0.689. The molecule has 2 heteroatoms. The molecule has 1 unspecified atom stereocenters. The molecule has 0 saturated heterocycles. The van der Waals surface area contributed by atoms with E-state index in [1.165, 1.54) is 27.8 Å². The van der Waals surface area contributed by atoms with E-state index >= 15 is 0 Å². The average molecular weight is 330 g/mol. The molecule has 2 aromatic rings. The van der Waals surface area contributed by atoms with Crippen molar-refractivity contribution >= 4 is 19.7 Å². The van der Waals surface area contributed by atoms with Crippen LogP contribution in [0, 0.1) is 0 Å². The van der Waals surface area contributed by atoms with Crippen molar-refractivity contribution in [1.82, 2.24) is 4.90 Å². The molecule has 1 aliphatic carbocycles. The summed E-state index contributed by atoms with van der Waals surface area (Å²) in [5.41, 5.74) is 6.93. The van der Waals surface area contributed by atoms with E-state index in [1.807, 2.05) is 0 Å². The van der Waals surface area contributed by atoms with Crippen molar-refractivity contribution < 1.29 is 0 Å². The van der Waals surface area contributed by atoms with Crippen LogP contribution < -0.4 is 0 Å². The summed E-state index contributed by atoms with van der Waals surface area (Å²) in [7, 11) is -0.349. The maximum Gasteiger partial charge on any atom is 0.0760 e. The third-order valence-electron chi connectivity index (χ3n) is 5.12. The molecular formula is C22H23NSi. The molecule has 1 heterocycles. The van der Waals surface area contributed by atoms with Crippen molar-refractivity contribution in [3.8, 4) is 11.1 Å². The van der Waals surface area contributed by atoms with Crippen LogP contribution >= 0.6 is 0 Å². The Morgan fingerprint density at radius 3 is 2.50 bits per heavy atom. The van der Waals surface area contributed by atoms with E-state index in [1.54, 1.807) is 5.17 Å². The SMILES string of the molecule is CC1=Cc2c(-c3ccccc3)cccc2C1N1C=CC(=[Si](C)C)C1. The minimum Gasteiger partial charge on any atom is -0.363 e. The van der Waals surface area contributed by atoms with Crippen LogP contribution in [0.2, 0.25) is 13.1 Å². The van der Waals surface area contributed by atoms with Crippen molar-refractivity contribution in [2.75, 3.05) is 6.54 Å². The number of hydrogen-bond acceptors (Lipinski definition) is 1. The monoisotopic (exact) mass is 329 g/mol. The topological polar surface area (TPSA) is 3.24 Å². The molecule has 1 nitrogen and oxygen atoms in total. The molecule has 0 saturated carbocycles. The summed E-state index contributed by atoms with van der Waals surface area (Å²) in [4.78, 5) is 2.51. The molecule has 2 aromatic carbocycles. The Bertz CT molecular complexity index is 870. The van der Waals surface area contributed by atoms with Gasteiger partial charge in [0, 0.05) is 21.2 Å². The van der Waals surface area contributed by atoms with Crippen molar-refractivity contribution in [3.05, 3.63) is 77.5 Å². The van der Waals surface area contributed by atoms with Crippen molar-refractivity contribution in [3.63, 3.8) is 0 Å². The van der Waals surface area contributed by atoms with Crippen molar-refractivity contribution in [2.24, 2.45) is 0 Å². The van der Waals surface area contributed by atoms with Gasteiger partial charge in [0.15, 0.2) is 0 Å². The fourth-order valence-electron chi connectivity index (χ4n) is 3.83. The van der Waals surface area contributed by atoms with Gasteiger partial charge in [0.25, 0.3) is 0 Å². The standard InChI is InChI=1S/C22H23NSi/c1-16-14-21-19(17-8-5-4-6-9-17)10-7-11-20(21)22(16)23-13-12-18(15-23)24(2)3/h4-14,22H,15H2,1-3H3. The zero-order valence-electron chi connectivity index (χ0n) is 14.6. The van der Waals surface area contributed by atoms with Crippen LogP contribution in [0.3, 0.4) is 0 Å². The van der Waals surface area contributed by atoms with Crippen LogP contribution in [0.4, 0.5) is 0 Å². The van der Waals surface area contributed by atoms with E-state index in [-0.39, 0.29) is 8.41 Å². The number of rotatable bonds is 2. The van der Waals surface area contributed by atoms with Gasteiger partial charge in [0.05, 0.1) is 6.04 Å². The lowest BCUT2D eigenvalue weighted by Crippen LogP contribution is -2.26. The molecule has 1 atom stereocenters. The largest absolute Gasteiger partial charge is 0.363 e. The highest BCUT2D eigenvalue weighted by Crippen LogP contribution is 2.43. The predicted octanol–water partition coefficient (Wildman–Crippen LogP) is 5.15. The minimum absolute atomic E-state index is 0.349. The molecule has 120 valence electrons. The van der Waals surface area contributed by atoms with Gasteiger partial charge in [-0.1, -0.05) is 67.7 Å². The zero-order chi connectivity index (χ0) is 16.7. The average Bonchev–Trinajstić information content (AvgIpc) is 3.18. The van der Waals surface area contributed by atoms with Crippen molar-refractivity contribution in [1.29, 1.82) is 0 Å². The molecule has 0 N–H and O–H groups in total. The van der Waals surface area contributed by atoms with Gasteiger partial charge in [0.1, 0.15) is 0 Å². The van der Waals surface area contributed by atoms with Crippen molar-refractivity contribution in [2.45, 2.75) is 26.1 Å². The van der Waals surface area contributed by atoms with Crippen LogP contribution in [0.25, 0.3) is 17.2 Å². The van der Waals surface area contributed by atoms with Crippen LogP contribution in [-0.2, 0) is 0 Å². The van der Waals surface area contributed by atoms with E-state index in [9.17, 15) is 0 Å². The summed E-state index contributed by atoms with van der Waals surface area (Å²) in [6, 6.07) is 17.9. The fraction of sp³-hybridized carbons (Fsp3) is 0.227. The highest BCUT2D eigenvalue weighted by molar-refractivity contribution is 6.71. The normalized spacial score (nSPS) is 18.8. The lowest BCUT2D eigenvalue weighted by molar-refractivity contribution is 0.369. The number of fused-ring (bicyclic) bond motifs is 1. The Hall–Kier alpha value is -2.19. The first-order chi connectivity index (χ1) is 11.6. The van der Waals surface area contributed by atoms with E-state index < -0.39 is 0 Å². The van der Waals surface area contributed by atoms with Gasteiger partial charge in [-0.3, -0.25) is 0 Å². The first kappa shape index (κ1) is 15.3. The molecule has 0 amide bonds. The molecule has 0 radical (unpaired) electrons. The van der Waals surface area contributed by atoms with E-state index in [4.69, 9.17) is 0 Å². The lowest BCUT2D eigenvalue weighted by Gasteiger charge is -2.27. The van der Waals surface area contributed by atoms with Gasteiger partial charge in [-0.05, 0) is 46.0 Å². The summed E-state index contributed by atoms with van der Waals surface area (Å²) in [6.07, 6.45) is 7.04. The second kappa shape index (κ2) is 6.03. The number of nitrogens with zero attached hydrogens (tertiary/aromatic N) is 1. The molecule has 0 spiro atoms. The van der Waals surface area contributed by atoms with Crippen LogP contribution in [-0.4, -0.2) is 25.0 Å². The Morgan fingerprint density at radius 2 is 1.79 bits per heavy atom. The molecule has 0 fully saturated rings. The summed E-state index contributed by atoms with van der Waals surface area (Å²) < 4.78 is 0. The first-order valence-electron chi connectivity index (χ1n) is 8.62. The van der Waals surface area contributed by atoms with Gasteiger partial charge < -0.3 is 4.90 Å². The summed E-state index contributed by atoms with van der Waals surface area (Å²) in [6.45, 7) is 8.13. The highest BCUT2D eigenvalue weighted by atomic mass is 28.2. The Labute approximate surface area is 146 Å². The van der Waals surface area contributed by atoms with E-state index in [0.29, 0.717) is 6.04 Å². The second-order valence-corrected chi connectivity index (χ2v) is 9.62. The number of benzene rings is 2. The molecule has 2 aliphatic rings. The molecule has 4 rings (SSSR count). The number of hydrogen-bond donors (Lipinski definition) is 0. The third kappa shape index (κ3) is 2.51. The Morgan fingerprint density at radius 1 is 1.00 bits per heavy atom. The van der Waals surface area contributed by atoms with Crippen LogP contribution in [0.1, 0.15) is 24.1 Å². The molecular weight excluding hydrogens is 306 g/mol. The summed E-state index contributed by atoms with van der Waals surface area (Å²) in [5.74, 6) is 0. The first-order valence-corrected chi connectivity index (χ1v) is 11.1. The molecule has 1 aliphatic heterocycles. The van der Waals surface area contributed by atoms with Crippen LogP contribution in [0.15, 0.2) is 66.4 Å². The van der Waals surface area contributed by atoms with Gasteiger partial charge in [0.2, 0.25) is 0 Å². The molecule has 0 aromatic heterocycles. The maximum absolute atomic E-state index is 2.51. The summed E-state index contributed by atoms with van der Waals surface area (Å²) >= 11 is 0. The lowest BCUT2D eigenvalue weighted by atomic mass is 9.95. The minimum atomic E-state index is -0.349. The van der Waals surface area contributed by atoms with Crippen LogP contribution in [0.5, 0.6) is 0 Å². The Balaban J connectivity index is 1.76. The highest BCUT2D eigenvalue weighted by Gasteiger charge is 2.30. The van der Waals surface area contributed by atoms with Gasteiger partial charge in [-0.15, -0.1) is 0 Å². The predicted molar refractivity (Wildman–Crippen MR) is 107 cm³/mol. The van der Waals surface area contributed by atoms with E-state index in [2.05, 4.69) is 91.8 Å². The van der Waals surface area contributed by atoms with Gasteiger partial charge in [-0.25, -0.2) is 0 Å². The van der Waals surface area contributed by atoms with Gasteiger partial charge in [-0.2, -0.15) is 0 Å². The van der Waals surface area contributed by atoms with Gasteiger partial charge >= 0.3 is 0 Å². The second-order valence-electron chi connectivity index (χ2n) is 6.98. The zero-order valence-corrected chi connectivity index (χ0v) is 15.6. The third-order valence-corrected chi connectivity index (χ3v) is 6.73. The van der Waals surface area contributed by atoms with E-state index in [0.717, 1.165) is 6.54 Å². The fourth-order valence-corrected chi connectivity index (χ4v) is 4.74. The summed E-state index contributed by atoms with van der Waals surface area (Å²) in [5, 5.41) is 1.63. The molecule has 24 heavy (non-hydrogen) atoms.